The van der Waals surface area contributed by atoms with E-state index in [0.29, 0.717) is 18.8 Å². The first-order valence-corrected chi connectivity index (χ1v) is 8.88. The van der Waals surface area contributed by atoms with E-state index in [1.807, 2.05) is 36.4 Å². The smallest absolute Gasteiger partial charge is 0.233 e. The Morgan fingerprint density at radius 3 is 2.32 bits per heavy atom. The van der Waals surface area contributed by atoms with Crippen molar-refractivity contribution < 1.29 is 14.4 Å². The molecule has 1 aliphatic carbocycles. The topological polar surface area (TPSA) is 66.5 Å². The lowest BCUT2D eigenvalue weighted by molar-refractivity contribution is -0.140. The van der Waals surface area contributed by atoms with Crippen LogP contribution >= 0.6 is 0 Å². The highest BCUT2D eigenvalue weighted by molar-refractivity contribution is 6.05. The van der Waals surface area contributed by atoms with Gasteiger partial charge in [0.05, 0.1) is 11.8 Å². The number of likely N-dealkylation sites (tertiary alicyclic amines) is 1. The van der Waals surface area contributed by atoms with Crippen LogP contribution in [0.1, 0.15) is 44.6 Å². The van der Waals surface area contributed by atoms with Crippen LogP contribution in [0.25, 0.3) is 0 Å². The SMILES string of the molecule is CC(C)c1ccccc1NC(=O)CCN1C(=O)[C@@H]2CC=CC[C@H]2C1=O. The van der Waals surface area contributed by atoms with Gasteiger partial charge < -0.3 is 5.32 Å². The molecule has 0 saturated carbocycles. The largest absolute Gasteiger partial charge is 0.326 e. The zero-order valence-electron chi connectivity index (χ0n) is 14.7. The summed E-state index contributed by atoms with van der Waals surface area (Å²) < 4.78 is 0. The van der Waals surface area contributed by atoms with Crippen LogP contribution in [0.15, 0.2) is 36.4 Å². The van der Waals surface area contributed by atoms with Gasteiger partial charge in [-0.3, -0.25) is 19.3 Å². The minimum absolute atomic E-state index is 0.122. The molecule has 2 atom stereocenters. The molecular formula is C20H24N2O3. The molecule has 3 amide bonds. The summed E-state index contributed by atoms with van der Waals surface area (Å²) in [5.41, 5.74) is 1.86. The molecule has 0 spiro atoms. The van der Waals surface area contributed by atoms with E-state index in [0.717, 1.165) is 11.3 Å². The number of para-hydroxylation sites is 1. The van der Waals surface area contributed by atoms with Crippen molar-refractivity contribution in [2.24, 2.45) is 11.8 Å². The first-order valence-electron chi connectivity index (χ1n) is 8.88. The maximum absolute atomic E-state index is 12.4. The summed E-state index contributed by atoms with van der Waals surface area (Å²) in [6.45, 7) is 4.30. The third-order valence-corrected chi connectivity index (χ3v) is 5.02. The second kappa shape index (κ2) is 7.21. The molecule has 1 fully saturated rings. The first kappa shape index (κ1) is 17.4. The Morgan fingerprint density at radius 1 is 1.12 bits per heavy atom. The number of allylic oxidation sites excluding steroid dienone is 2. The molecule has 25 heavy (non-hydrogen) atoms. The van der Waals surface area contributed by atoms with Crippen molar-refractivity contribution in [3.05, 3.63) is 42.0 Å². The number of hydrogen-bond donors (Lipinski definition) is 1. The van der Waals surface area contributed by atoms with Gasteiger partial charge in [-0.25, -0.2) is 0 Å². The van der Waals surface area contributed by atoms with Gasteiger partial charge in [-0.2, -0.15) is 0 Å². The van der Waals surface area contributed by atoms with E-state index in [2.05, 4.69) is 19.2 Å². The molecule has 1 N–H and O–H groups in total. The van der Waals surface area contributed by atoms with Gasteiger partial charge >= 0.3 is 0 Å². The van der Waals surface area contributed by atoms with Crippen LogP contribution in [0, 0.1) is 11.8 Å². The summed E-state index contributed by atoms with van der Waals surface area (Å²) >= 11 is 0. The quantitative estimate of drug-likeness (QED) is 0.662. The Balaban J connectivity index is 1.60. The molecule has 5 heteroatoms. The average Bonchev–Trinajstić information content (AvgIpc) is 2.85. The normalized spacial score (nSPS) is 22.4. The molecule has 0 radical (unpaired) electrons. The fourth-order valence-corrected chi connectivity index (χ4v) is 3.63. The number of benzene rings is 1. The number of anilines is 1. The Hall–Kier alpha value is -2.43. The fourth-order valence-electron chi connectivity index (χ4n) is 3.63. The van der Waals surface area contributed by atoms with Crippen LogP contribution < -0.4 is 5.32 Å². The van der Waals surface area contributed by atoms with Crippen molar-refractivity contribution in [2.75, 3.05) is 11.9 Å². The van der Waals surface area contributed by atoms with Gasteiger partial charge in [0, 0.05) is 18.7 Å². The van der Waals surface area contributed by atoms with Crippen LogP contribution in [0.4, 0.5) is 5.69 Å². The molecule has 5 nitrogen and oxygen atoms in total. The molecule has 0 aromatic heterocycles. The van der Waals surface area contributed by atoms with Crippen LogP contribution in [0.5, 0.6) is 0 Å². The van der Waals surface area contributed by atoms with E-state index in [-0.39, 0.29) is 42.5 Å². The van der Waals surface area contributed by atoms with Crippen LogP contribution in [-0.4, -0.2) is 29.2 Å². The Kier molecular flexibility index (Phi) is 5.02. The van der Waals surface area contributed by atoms with Gasteiger partial charge in [-0.15, -0.1) is 0 Å². The number of imide groups is 1. The Morgan fingerprint density at radius 2 is 1.72 bits per heavy atom. The molecule has 0 bridgehead atoms. The lowest BCUT2D eigenvalue weighted by Crippen LogP contribution is -2.34. The Labute approximate surface area is 148 Å². The number of fused-ring (bicyclic) bond motifs is 1. The standard InChI is InChI=1S/C20H24N2O3/c1-13(2)14-7-5-6-10-17(14)21-18(23)11-12-22-19(24)15-8-3-4-9-16(15)20(22)25/h3-7,10,13,15-16H,8-9,11-12H2,1-2H3,(H,21,23)/t15-,16-/m1/s1. The van der Waals surface area contributed by atoms with E-state index < -0.39 is 0 Å². The number of carbonyl (C=O) groups is 3. The summed E-state index contributed by atoms with van der Waals surface area (Å²) in [4.78, 5) is 38.4. The highest BCUT2D eigenvalue weighted by atomic mass is 16.2. The molecule has 132 valence electrons. The number of rotatable bonds is 5. The zero-order chi connectivity index (χ0) is 18.0. The fraction of sp³-hybridized carbons (Fsp3) is 0.450. The molecule has 1 aromatic rings. The molecule has 1 aromatic carbocycles. The molecule has 1 heterocycles. The number of hydrogen-bond acceptors (Lipinski definition) is 3. The monoisotopic (exact) mass is 340 g/mol. The lowest BCUT2D eigenvalue weighted by Gasteiger charge is -2.16. The van der Waals surface area contributed by atoms with E-state index >= 15 is 0 Å². The lowest BCUT2D eigenvalue weighted by atomic mass is 9.85. The maximum Gasteiger partial charge on any atom is 0.233 e. The summed E-state index contributed by atoms with van der Waals surface area (Å²) in [6.07, 6.45) is 5.30. The van der Waals surface area contributed by atoms with Crippen molar-refractivity contribution >= 4 is 23.4 Å². The van der Waals surface area contributed by atoms with Gasteiger partial charge in [-0.05, 0) is 30.4 Å². The van der Waals surface area contributed by atoms with E-state index in [1.54, 1.807) is 0 Å². The van der Waals surface area contributed by atoms with E-state index in [1.165, 1.54) is 4.90 Å². The van der Waals surface area contributed by atoms with E-state index in [4.69, 9.17) is 0 Å². The third-order valence-electron chi connectivity index (χ3n) is 5.02. The Bertz CT molecular complexity index is 697. The summed E-state index contributed by atoms with van der Waals surface area (Å²) in [5, 5.41) is 2.91. The van der Waals surface area contributed by atoms with Gasteiger partial charge in [0.25, 0.3) is 0 Å². The molecule has 0 unspecified atom stereocenters. The van der Waals surface area contributed by atoms with Gasteiger partial charge in [-0.1, -0.05) is 44.2 Å². The van der Waals surface area contributed by atoms with Gasteiger partial charge in [0.1, 0.15) is 0 Å². The summed E-state index contributed by atoms with van der Waals surface area (Å²) in [7, 11) is 0. The van der Waals surface area contributed by atoms with Crippen LogP contribution in [0.2, 0.25) is 0 Å². The van der Waals surface area contributed by atoms with Crippen molar-refractivity contribution in [2.45, 2.75) is 39.0 Å². The number of amides is 3. The van der Waals surface area contributed by atoms with Crippen molar-refractivity contribution in [3.8, 4) is 0 Å². The van der Waals surface area contributed by atoms with Crippen LogP contribution in [0.3, 0.4) is 0 Å². The van der Waals surface area contributed by atoms with Crippen LogP contribution in [-0.2, 0) is 14.4 Å². The molecular weight excluding hydrogens is 316 g/mol. The maximum atomic E-state index is 12.4. The predicted octanol–water partition coefficient (Wildman–Crippen LogP) is 3.09. The first-order chi connectivity index (χ1) is 12.0. The predicted molar refractivity (Wildman–Crippen MR) is 95.9 cm³/mol. The van der Waals surface area contributed by atoms with Gasteiger partial charge in [0.2, 0.25) is 17.7 Å². The van der Waals surface area contributed by atoms with Crippen molar-refractivity contribution in [1.82, 2.24) is 4.90 Å². The summed E-state index contributed by atoms with van der Waals surface area (Å²) in [6, 6.07) is 7.69. The molecule has 3 rings (SSSR count). The number of nitrogens with one attached hydrogen (secondary N) is 1. The minimum atomic E-state index is -0.234. The average molecular weight is 340 g/mol. The highest BCUT2D eigenvalue weighted by Gasteiger charge is 2.46. The molecule has 1 aliphatic heterocycles. The van der Waals surface area contributed by atoms with E-state index in [9.17, 15) is 14.4 Å². The van der Waals surface area contributed by atoms with Gasteiger partial charge in [0.15, 0.2) is 0 Å². The second-order valence-corrected chi connectivity index (χ2v) is 7.02. The third kappa shape index (κ3) is 3.50. The number of nitrogens with zero attached hydrogens (tertiary/aromatic N) is 1. The van der Waals surface area contributed by atoms with Crippen molar-refractivity contribution in [1.29, 1.82) is 0 Å². The molecule has 2 aliphatic rings. The zero-order valence-corrected chi connectivity index (χ0v) is 14.7. The summed E-state index contributed by atoms with van der Waals surface area (Å²) in [5.74, 6) is -0.607. The molecule has 1 saturated heterocycles. The highest BCUT2D eigenvalue weighted by Crippen LogP contribution is 2.35. The van der Waals surface area contributed by atoms with Crippen molar-refractivity contribution in [3.63, 3.8) is 0 Å². The number of carbonyl (C=O) groups excluding carboxylic acids is 3. The minimum Gasteiger partial charge on any atom is -0.326 e. The second-order valence-electron chi connectivity index (χ2n) is 7.02.